The topological polar surface area (TPSA) is 29.1 Å². The maximum Gasteiger partial charge on any atom is 0.243 e. The quantitative estimate of drug-likeness (QED) is 0.347. The van der Waals surface area contributed by atoms with E-state index in [-0.39, 0.29) is 5.91 Å². The van der Waals surface area contributed by atoms with Crippen LogP contribution in [0.15, 0.2) is 24.8 Å². The predicted octanol–water partition coefficient (Wildman–Crippen LogP) is 1.28. The number of hydrogen-bond donors (Lipinski definition) is 1. The normalized spacial score (nSPS) is 8.50. The number of carbonyl (C=O) groups excluding carboxylic acids is 1. The fraction of sp³-hybridized carbons (Fsp3) is 0.286. The second-order valence-electron chi connectivity index (χ2n) is 1.81. The number of nitrogens with one attached hydrogen (secondary N) is 1. The van der Waals surface area contributed by atoms with E-state index < -0.39 is 0 Å². The number of carbonyl (C=O) groups is 1. The molecule has 0 aromatic heterocycles. The van der Waals surface area contributed by atoms with Crippen LogP contribution in [0, 0.1) is 0 Å². The minimum absolute atomic E-state index is 0.147. The van der Waals surface area contributed by atoms with Crippen molar-refractivity contribution in [1.82, 2.24) is 5.32 Å². The molecule has 0 atom stereocenters. The van der Waals surface area contributed by atoms with E-state index in [1.807, 2.05) is 0 Å². The van der Waals surface area contributed by atoms with Crippen molar-refractivity contribution >= 4 is 28.5 Å². The molecule has 0 aromatic rings. The van der Waals surface area contributed by atoms with Gasteiger partial charge in [0.05, 0.1) is 0 Å². The van der Waals surface area contributed by atoms with Gasteiger partial charge in [0.1, 0.15) is 0 Å². The first kappa shape index (κ1) is 9.68. The van der Waals surface area contributed by atoms with Gasteiger partial charge in [-0.15, -0.1) is 0 Å². The third kappa shape index (κ3) is 4.55. The van der Waals surface area contributed by atoms with Crippen molar-refractivity contribution in [3.8, 4) is 0 Å². The van der Waals surface area contributed by atoms with Gasteiger partial charge in [-0.2, -0.15) is 0 Å². The molecule has 2 nitrogen and oxygen atoms in total. The Morgan fingerprint density at radius 1 is 1.70 bits per heavy atom. The summed E-state index contributed by atoms with van der Waals surface area (Å²) in [4.78, 5) is 10.6. The van der Waals surface area contributed by atoms with Crippen LogP contribution in [-0.4, -0.2) is 16.9 Å². The van der Waals surface area contributed by atoms with Crippen LogP contribution in [0.4, 0.5) is 0 Å². The standard InChI is InChI=1S/C7H10INO/c1-3-7(10)9-5-6(2)4-8/h3H,1-2,4-5H2,(H,9,10). The summed E-state index contributed by atoms with van der Waals surface area (Å²) in [5.74, 6) is -0.147. The first-order chi connectivity index (χ1) is 4.70. The molecular weight excluding hydrogens is 241 g/mol. The molecule has 0 unspecified atom stereocenters. The number of alkyl halides is 1. The van der Waals surface area contributed by atoms with Crippen molar-refractivity contribution in [2.45, 2.75) is 0 Å². The maximum absolute atomic E-state index is 10.6. The van der Waals surface area contributed by atoms with Crippen LogP contribution < -0.4 is 5.32 Å². The summed E-state index contributed by atoms with van der Waals surface area (Å²) in [6.45, 7) is 7.59. The van der Waals surface area contributed by atoms with Crippen LogP contribution >= 0.6 is 22.6 Å². The van der Waals surface area contributed by atoms with Gasteiger partial charge in [-0.05, 0) is 11.6 Å². The van der Waals surface area contributed by atoms with Crippen LogP contribution in [0.1, 0.15) is 0 Å². The molecule has 0 fully saturated rings. The Labute approximate surface area is 74.5 Å². The lowest BCUT2D eigenvalue weighted by molar-refractivity contribution is -0.116. The molecular formula is C7H10INO. The second-order valence-corrected chi connectivity index (χ2v) is 2.57. The summed E-state index contributed by atoms with van der Waals surface area (Å²) in [6, 6.07) is 0. The van der Waals surface area contributed by atoms with E-state index in [2.05, 4.69) is 41.1 Å². The van der Waals surface area contributed by atoms with Crippen LogP contribution in [-0.2, 0) is 4.79 Å². The van der Waals surface area contributed by atoms with Gasteiger partial charge in [0.15, 0.2) is 0 Å². The molecule has 3 heteroatoms. The van der Waals surface area contributed by atoms with E-state index in [1.54, 1.807) is 0 Å². The van der Waals surface area contributed by atoms with Gasteiger partial charge in [0.2, 0.25) is 5.91 Å². The predicted molar refractivity (Wildman–Crippen MR) is 51.2 cm³/mol. The van der Waals surface area contributed by atoms with Crippen molar-refractivity contribution < 1.29 is 4.79 Å². The van der Waals surface area contributed by atoms with Crippen LogP contribution in [0.2, 0.25) is 0 Å². The van der Waals surface area contributed by atoms with Gasteiger partial charge in [-0.1, -0.05) is 35.7 Å². The third-order valence-corrected chi connectivity index (χ3v) is 1.97. The molecule has 10 heavy (non-hydrogen) atoms. The average Bonchev–Trinajstić information content (AvgIpc) is 1.99. The second kappa shape index (κ2) is 5.46. The van der Waals surface area contributed by atoms with Crippen molar-refractivity contribution in [1.29, 1.82) is 0 Å². The van der Waals surface area contributed by atoms with Crippen molar-refractivity contribution in [2.75, 3.05) is 11.0 Å². The van der Waals surface area contributed by atoms with E-state index in [1.165, 1.54) is 6.08 Å². The number of hydrogen-bond acceptors (Lipinski definition) is 1. The number of amides is 1. The van der Waals surface area contributed by atoms with Crippen molar-refractivity contribution in [3.63, 3.8) is 0 Å². The summed E-state index contributed by atoms with van der Waals surface area (Å²) in [5.41, 5.74) is 1.01. The van der Waals surface area contributed by atoms with Gasteiger partial charge in [-0.3, -0.25) is 4.79 Å². The highest BCUT2D eigenvalue weighted by atomic mass is 127. The zero-order valence-electron chi connectivity index (χ0n) is 5.69. The van der Waals surface area contributed by atoms with Gasteiger partial charge in [0, 0.05) is 11.0 Å². The monoisotopic (exact) mass is 251 g/mol. The molecule has 0 saturated heterocycles. The van der Waals surface area contributed by atoms with Gasteiger partial charge in [0.25, 0.3) is 0 Å². The van der Waals surface area contributed by atoms with Crippen LogP contribution in [0.5, 0.6) is 0 Å². The summed E-state index contributed by atoms with van der Waals surface area (Å²) < 4.78 is 0.870. The molecule has 1 N–H and O–H groups in total. The van der Waals surface area contributed by atoms with E-state index in [0.717, 1.165) is 10.0 Å². The Morgan fingerprint density at radius 2 is 2.30 bits per heavy atom. The highest BCUT2D eigenvalue weighted by Gasteiger charge is 1.93. The first-order valence-electron chi connectivity index (χ1n) is 2.83. The van der Waals surface area contributed by atoms with Crippen LogP contribution in [0.25, 0.3) is 0 Å². The Balaban J connectivity index is 3.44. The largest absolute Gasteiger partial charge is 0.349 e. The van der Waals surface area contributed by atoms with E-state index in [0.29, 0.717) is 6.54 Å². The fourth-order valence-corrected chi connectivity index (χ4v) is 0.601. The lowest BCUT2D eigenvalue weighted by atomic mass is 10.3. The average molecular weight is 251 g/mol. The molecule has 0 rings (SSSR count). The Morgan fingerprint density at radius 3 is 2.70 bits per heavy atom. The molecule has 56 valence electrons. The molecule has 0 spiro atoms. The fourth-order valence-electron chi connectivity index (χ4n) is 0.332. The Kier molecular flexibility index (Phi) is 5.29. The minimum Gasteiger partial charge on any atom is -0.349 e. The van der Waals surface area contributed by atoms with Gasteiger partial charge < -0.3 is 5.32 Å². The van der Waals surface area contributed by atoms with Gasteiger partial charge in [-0.25, -0.2) is 0 Å². The maximum atomic E-state index is 10.6. The smallest absolute Gasteiger partial charge is 0.243 e. The minimum atomic E-state index is -0.147. The summed E-state index contributed by atoms with van der Waals surface area (Å²) in [6.07, 6.45) is 1.25. The first-order valence-corrected chi connectivity index (χ1v) is 4.36. The van der Waals surface area contributed by atoms with Crippen molar-refractivity contribution in [2.24, 2.45) is 0 Å². The van der Waals surface area contributed by atoms with E-state index in [9.17, 15) is 4.79 Å². The zero-order valence-corrected chi connectivity index (χ0v) is 7.85. The Bertz CT molecular complexity index is 154. The number of halogens is 1. The number of rotatable bonds is 4. The molecule has 0 aliphatic rings. The third-order valence-electron chi connectivity index (χ3n) is 0.887. The zero-order chi connectivity index (χ0) is 7.98. The highest BCUT2D eigenvalue weighted by molar-refractivity contribution is 14.1. The lowest BCUT2D eigenvalue weighted by Crippen LogP contribution is -2.23. The van der Waals surface area contributed by atoms with Crippen LogP contribution in [0.3, 0.4) is 0 Å². The molecule has 0 radical (unpaired) electrons. The van der Waals surface area contributed by atoms with E-state index in [4.69, 9.17) is 0 Å². The molecule has 0 aliphatic carbocycles. The Hall–Kier alpha value is -0.320. The van der Waals surface area contributed by atoms with Gasteiger partial charge >= 0.3 is 0 Å². The molecule has 0 heterocycles. The SMILES string of the molecule is C=CC(=O)NCC(=C)CI. The molecule has 0 aromatic carbocycles. The summed E-state index contributed by atoms with van der Waals surface area (Å²) in [5, 5.41) is 2.62. The highest BCUT2D eigenvalue weighted by Crippen LogP contribution is 1.93. The van der Waals surface area contributed by atoms with Crippen molar-refractivity contribution in [3.05, 3.63) is 24.8 Å². The van der Waals surface area contributed by atoms with E-state index >= 15 is 0 Å². The molecule has 0 saturated carbocycles. The molecule has 0 bridgehead atoms. The summed E-state index contributed by atoms with van der Waals surface area (Å²) >= 11 is 2.20. The molecule has 1 amide bonds. The summed E-state index contributed by atoms with van der Waals surface area (Å²) in [7, 11) is 0. The molecule has 0 aliphatic heterocycles. The lowest BCUT2D eigenvalue weighted by Gasteiger charge is -2.00.